The van der Waals surface area contributed by atoms with Crippen LogP contribution in [0.25, 0.3) is 0 Å². The molecule has 0 aliphatic carbocycles. The van der Waals surface area contributed by atoms with E-state index in [1.165, 1.54) is 6.07 Å². The van der Waals surface area contributed by atoms with Gasteiger partial charge in [-0.25, -0.2) is 9.38 Å². The number of amidine groups is 1. The van der Waals surface area contributed by atoms with Gasteiger partial charge < -0.3 is 10.2 Å². The van der Waals surface area contributed by atoms with E-state index in [9.17, 15) is 17.6 Å². The number of hydrogen-bond acceptors (Lipinski definition) is 6. The summed E-state index contributed by atoms with van der Waals surface area (Å²) < 4.78 is 52.9. The van der Waals surface area contributed by atoms with Crippen LogP contribution in [0.15, 0.2) is 29.3 Å². The number of rotatable bonds is 3. The van der Waals surface area contributed by atoms with E-state index >= 15 is 0 Å². The first-order chi connectivity index (χ1) is 15.7. The Morgan fingerprint density at radius 2 is 2.00 bits per heavy atom. The SMILES string of the molecule is N#Cc1ccc(CN2CCC3(CCN(C4=NCNc5sc(CC(F)(F)F)cc54)C3)C2)c(F)c1. The zero-order valence-electron chi connectivity index (χ0n) is 17.9. The molecule has 3 aliphatic heterocycles. The zero-order valence-corrected chi connectivity index (χ0v) is 18.7. The number of hydrogen-bond donors (Lipinski definition) is 1. The van der Waals surface area contributed by atoms with Gasteiger partial charge in [0.15, 0.2) is 0 Å². The van der Waals surface area contributed by atoms with Crippen molar-refractivity contribution in [1.29, 1.82) is 5.26 Å². The zero-order chi connectivity index (χ0) is 23.2. The van der Waals surface area contributed by atoms with Crippen molar-refractivity contribution < 1.29 is 17.6 Å². The second-order valence-corrected chi connectivity index (χ2v) is 10.3. The number of anilines is 1. The molecule has 0 bridgehead atoms. The fraction of sp³-hybridized carbons (Fsp3) is 0.478. The van der Waals surface area contributed by atoms with Crippen molar-refractivity contribution in [3.8, 4) is 6.07 Å². The predicted molar refractivity (Wildman–Crippen MR) is 119 cm³/mol. The van der Waals surface area contributed by atoms with Crippen LogP contribution in [0.1, 0.15) is 34.4 Å². The highest BCUT2D eigenvalue weighted by molar-refractivity contribution is 7.16. The maximum absolute atomic E-state index is 14.3. The van der Waals surface area contributed by atoms with Crippen LogP contribution in [-0.2, 0) is 13.0 Å². The van der Waals surface area contributed by atoms with Crippen molar-refractivity contribution in [2.24, 2.45) is 10.4 Å². The van der Waals surface area contributed by atoms with E-state index in [2.05, 4.69) is 20.1 Å². The van der Waals surface area contributed by atoms with Gasteiger partial charge in [-0.1, -0.05) is 6.07 Å². The van der Waals surface area contributed by atoms with Crippen LogP contribution in [-0.4, -0.2) is 54.7 Å². The number of halogens is 4. The summed E-state index contributed by atoms with van der Waals surface area (Å²) in [6.45, 7) is 4.16. The van der Waals surface area contributed by atoms with Crippen LogP contribution in [0.4, 0.5) is 22.6 Å². The van der Waals surface area contributed by atoms with Crippen LogP contribution < -0.4 is 5.32 Å². The molecule has 174 valence electrons. The van der Waals surface area contributed by atoms with E-state index < -0.39 is 12.6 Å². The smallest absolute Gasteiger partial charge is 0.357 e. The normalized spacial score (nSPS) is 22.9. The summed E-state index contributed by atoms with van der Waals surface area (Å²) in [5.74, 6) is 0.425. The second-order valence-electron chi connectivity index (χ2n) is 9.11. The fourth-order valence-corrected chi connectivity index (χ4v) is 6.24. The second kappa shape index (κ2) is 8.29. The molecule has 2 aromatic rings. The predicted octanol–water partition coefficient (Wildman–Crippen LogP) is 4.59. The summed E-state index contributed by atoms with van der Waals surface area (Å²) in [4.78, 5) is 9.34. The quantitative estimate of drug-likeness (QED) is 0.657. The summed E-state index contributed by atoms with van der Waals surface area (Å²) in [5, 5.41) is 12.8. The van der Waals surface area contributed by atoms with E-state index in [1.54, 1.807) is 18.2 Å². The molecule has 0 amide bonds. The molecule has 10 heteroatoms. The molecular formula is C23H23F4N5S. The van der Waals surface area contributed by atoms with Gasteiger partial charge in [0.05, 0.1) is 23.6 Å². The molecular weight excluding hydrogens is 454 g/mol. The number of nitriles is 1. The molecule has 1 N–H and O–H groups in total. The highest BCUT2D eigenvalue weighted by atomic mass is 32.1. The highest BCUT2D eigenvalue weighted by Gasteiger charge is 2.45. The van der Waals surface area contributed by atoms with Crippen LogP contribution in [0.5, 0.6) is 0 Å². The average Bonchev–Trinajstić information content (AvgIpc) is 3.46. The maximum Gasteiger partial charge on any atom is 0.393 e. The molecule has 0 radical (unpaired) electrons. The Balaban J connectivity index is 1.26. The summed E-state index contributed by atoms with van der Waals surface area (Å²) in [6, 6.07) is 8.18. The first-order valence-electron chi connectivity index (χ1n) is 10.9. The first-order valence-corrected chi connectivity index (χ1v) is 11.7. The molecule has 2 fully saturated rings. The number of aliphatic imine (C=N–C) groups is 1. The van der Waals surface area contributed by atoms with Gasteiger partial charge in [0.25, 0.3) is 0 Å². The monoisotopic (exact) mass is 477 g/mol. The van der Waals surface area contributed by atoms with Gasteiger partial charge in [-0.2, -0.15) is 18.4 Å². The molecule has 4 heterocycles. The molecule has 1 unspecified atom stereocenters. The van der Waals surface area contributed by atoms with Gasteiger partial charge >= 0.3 is 6.18 Å². The third-order valence-corrected chi connectivity index (χ3v) is 7.79. The fourth-order valence-electron chi connectivity index (χ4n) is 5.16. The summed E-state index contributed by atoms with van der Waals surface area (Å²) in [6.07, 6.45) is -3.20. The molecule has 33 heavy (non-hydrogen) atoms. The topological polar surface area (TPSA) is 54.7 Å². The molecule has 3 aliphatic rings. The Bertz CT molecular complexity index is 1130. The molecule has 5 nitrogen and oxygen atoms in total. The lowest BCUT2D eigenvalue weighted by Crippen LogP contribution is -2.36. The van der Waals surface area contributed by atoms with Crippen LogP contribution in [0.2, 0.25) is 0 Å². The van der Waals surface area contributed by atoms with Crippen molar-refractivity contribution in [2.45, 2.75) is 32.0 Å². The summed E-state index contributed by atoms with van der Waals surface area (Å²) in [5.41, 5.74) is 1.73. The average molecular weight is 478 g/mol. The van der Waals surface area contributed by atoms with Gasteiger partial charge in [-0.05, 0) is 37.6 Å². The van der Waals surface area contributed by atoms with Gasteiger partial charge in [-0.3, -0.25) is 4.90 Å². The van der Waals surface area contributed by atoms with Gasteiger partial charge in [-0.15, -0.1) is 11.3 Å². The molecule has 5 rings (SSSR count). The van der Waals surface area contributed by atoms with Crippen LogP contribution >= 0.6 is 11.3 Å². The minimum atomic E-state index is -4.23. The Kier molecular flexibility index (Phi) is 5.57. The van der Waals surface area contributed by atoms with Crippen LogP contribution in [0, 0.1) is 22.6 Å². The number of likely N-dealkylation sites (tertiary alicyclic amines) is 2. The van der Waals surface area contributed by atoms with Crippen molar-refractivity contribution in [3.63, 3.8) is 0 Å². The van der Waals surface area contributed by atoms with E-state index in [4.69, 9.17) is 5.26 Å². The Morgan fingerprint density at radius 1 is 1.18 bits per heavy atom. The van der Waals surface area contributed by atoms with Crippen molar-refractivity contribution in [2.75, 3.05) is 38.2 Å². The van der Waals surface area contributed by atoms with E-state index in [1.807, 2.05) is 6.07 Å². The maximum atomic E-state index is 14.3. The molecule has 1 aromatic carbocycles. The van der Waals surface area contributed by atoms with Gasteiger partial charge in [0, 0.05) is 42.0 Å². The largest absolute Gasteiger partial charge is 0.393 e. The van der Waals surface area contributed by atoms with E-state index in [0.29, 0.717) is 29.2 Å². The Morgan fingerprint density at radius 3 is 2.76 bits per heavy atom. The van der Waals surface area contributed by atoms with Crippen molar-refractivity contribution >= 4 is 22.2 Å². The minimum absolute atomic E-state index is 0.0709. The molecule has 1 spiro atoms. The number of benzene rings is 1. The Labute approximate surface area is 193 Å². The van der Waals surface area contributed by atoms with Gasteiger partial charge in [0.1, 0.15) is 23.3 Å². The summed E-state index contributed by atoms with van der Waals surface area (Å²) >= 11 is 1.15. The van der Waals surface area contributed by atoms with Crippen molar-refractivity contribution in [3.05, 3.63) is 51.7 Å². The molecule has 0 saturated carbocycles. The number of fused-ring (bicyclic) bond motifs is 1. The lowest BCUT2D eigenvalue weighted by molar-refractivity contribution is -0.126. The van der Waals surface area contributed by atoms with E-state index in [-0.39, 0.29) is 11.2 Å². The number of nitrogens with one attached hydrogen (secondary N) is 1. The van der Waals surface area contributed by atoms with E-state index in [0.717, 1.165) is 66.8 Å². The minimum Gasteiger partial charge on any atom is -0.357 e. The van der Waals surface area contributed by atoms with Gasteiger partial charge in [0.2, 0.25) is 0 Å². The Hall–Kier alpha value is -2.64. The third kappa shape index (κ3) is 4.57. The number of alkyl halides is 3. The summed E-state index contributed by atoms with van der Waals surface area (Å²) in [7, 11) is 0. The standard InChI is InChI=1S/C23H23F4N5S/c24-19-7-15(10-28)1-2-16(19)11-31-5-3-22(12-31)4-6-32(13-22)20-18-8-17(9-23(25,26)27)33-21(18)30-14-29-20/h1-2,7-8,30H,3-6,9,11-14H2. The third-order valence-electron chi connectivity index (χ3n) is 6.70. The lowest BCUT2D eigenvalue weighted by atomic mass is 9.86. The highest BCUT2D eigenvalue weighted by Crippen LogP contribution is 2.42. The van der Waals surface area contributed by atoms with Crippen molar-refractivity contribution in [1.82, 2.24) is 9.80 Å². The molecule has 1 aromatic heterocycles. The lowest BCUT2D eigenvalue weighted by Gasteiger charge is -2.28. The number of nitrogens with zero attached hydrogens (tertiary/aromatic N) is 4. The number of thiophene rings is 1. The molecule has 2 saturated heterocycles. The molecule has 1 atom stereocenters. The van der Waals surface area contributed by atoms with Crippen LogP contribution in [0.3, 0.4) is 0 Å². The first kappa shape index (κ1) is 22.2.